The molecule has 1 aromatic heterocycles. The van der Waals surface area contributed by atoms with Gasteiger partial charge in [-0.3, -0.25) is 9.89 Å². The molecule has 8 heteroatoms. The number of ether oxygens (including phenoxy) is 1. The number of guanidine groups is 1. The van der Waals surface area contributed by atoms with Gasteiger partial charge in [0.15, 0.2) is 5.96 Å². The Morgan fingerprint density at radius 3 is 2.56 bits per heavy atom. The molecule has 3 rings (SSSR count). The molecule has 1 aromatic rings. The van der Waals surface area contributed by atoms with Crippen LogP contribution in [0.25, 0.3) is 0 Å². The Morgan fingerprint density at radius 2 is 1.96 bits per heavy atom. The molecule has 2 fully saturated rings. The molecule has 3 heterocycles. The maximum atomic E-state index is 5.48. The van der Waals surface area contributed by atoms with Gasteiger partial charge in [0, 0.05) is 51.4 Å². The van der Waals surface area contributed by atoms with E-state index < -0.39 is 0 Å². The van der Waals surface area contributed by atoms with Crippen LogP contribution in [0.15, 0.2) is 22.5 Å². The van der Waals surface area contributed by atoms with Gasteiger partial charge in [-0.25, -0.2) is 0 Å². The number of anilines is 1. The van der Waals surface area contributed by atoms with Crippen molar-refractivity contribution in [3.8, 4) is 0 Å². The fraction of sp³-hybridized carbons (Fsp3) is 0.737. The minimum Gasteiger partial charge on any atom is -0.379 e. The molecule has 0 saturated carbocycles. The van der Waals surface area contributed by atoms with Gasteiger partial charge >= 0.3 is 0 Å². The standard InChI is InChI=1S/C19H33N5OS.HI/c1-19(2,24-10-12-25-13-11-24)15-21-18(20-3)22-16-6-8-23(9-7-16)17-5-4-14-26-17;/h4-5,14,16H,6-13,15H2,1-3H3,(H2,20,21,22);1H. The monoisotopic (exact) mass is 507 g/mol. The van der Waals surface area contributed by atoms with Crippen LogP contribution in [0.5, 0.6) is 0 Å². The van der Waals surface area contributed by atoms with E-state index in [2.05, 4.69) is 56.8 Å². The minimum absolute atomic E-state index is 0. The number of nitrogens with one attached hydrogen (secondary N) is 2. The predicted molar refractivity (Wildman–Crippen MR) is 126 cm³/mol. The Hall–Kier alpha value is -0.580. The number of hydrogen-bond donors (Lipinski definition) is 2. The van der Waals surface area contributed by atoms with Crippen LogP contribution in [0.2, 0.25) is 0 Å². The van der Waals surface area contributed by atoms with Gasteiger partial charge in [-0.2, -0.15) is 0 Å². The summed E-state index contributed by atoms with van der Waals surface area (Å²) in [6.07, 6.45) is 2.29. The van der Waals surface area contributed by atoms with Crippen molar-refractivity contribution in [3.05, 3.63) is 17.5 Å². The number of piperidine rings is 1. The highest BCUT2D eigenvalue weighted by Crippen LogP contribution is 2.24. The lowest BCUT2D eigenvalue weighted by Crippen LogP contribution is -2.57. The van der Waals surface area contributed by atoms with Gasteiger partial charge in [-0.1, -0.05) is 0 Å². The number of aliphatic imine (C=N–C) groups is 1. The zero-order valence-corrected chi connectivity index (χ0v) is 19.9. The van der Waals surface area contributed by atoms with Gasteiger partial charge < -0.3 is 20.3 Å². The van der Waals surface area contributed by atoms with Crippen LogP contribution in [-0.4, -0.2) is 75.4 Å². The number of rotatable bonds is 5. The molecule has 0 amide bonds. The molecule has 0 radical (unpaired) electrons. The van der Waals surface area contributed by atoms with E-state index in [-0.39, 0.29) is 29.5 Å². The summed E-state index contributed by atoms with van der Waals surface area (Å²) in [5.41, 5.74) is 0.0872. The van der Waals surface area contributed by atoms with E-state index in [1.54, 1.807) is 0 Å². The molecule has 0 atom stereocenters. The van der Waals surface area contributed by atoms with Crippen LogP contribution < -0.4 is 15.5 Å². The summed E-state index contributed by atoms with van der Waals surface area (Å²) in [5.74, 6) is 0.918. The zero-order chi connectivity index (χ0) is 18.4. The lowest BCUT2D eigenvalue weighted by atomic mass is 10.0. The van der Waals surface area contributed by atoms with Crippen molar-refractivity contribution in [2.24, 2.45) is 4.99 Å². The normalized spacial score (nSPS) is 20.3. The number of thiophene rings is 1. The molecule has 0 spiro atoms. The third kappa shape index (κ3) is 6.47. The molecular formula is C19H34IN5OS. The summed E-state index contributed by atoms with van der Waals surface area (Å²) in [5, 5.41) is 10.7. The maximum Gasteiger partial charge on any atom is 0.191 e. The second-order valence-corrected chi connectivity index (χ2v) is 8.62. The Kier molecular flexibility index (Phi) is 9.10. The van der Waals surface area contributed by atoms with Crippen molar-refractivity contribution in [1.29, 1.82) is 0 Å². The predicted octanol–water partition coefficient (Wildman–Crippen LogP) is 2.61. The van der Waals surface area contributed by atoms with Crippen LogP contribution in [0, 0.1) is 0 Å². The van der Waals surface area contributed by atoms with Crippen molar-refractivity contribution >= 4 is 46.3 Å². The number of halogens is 1. The molecule has 27 heavy (non-hydrogen) atoms. The third-order valence-electron chi connectivity index (χ3n) is 5.43. The smallest absolute Gasteiger partial charge is 0.191 e. The van der Waals surface area contributed by atoms with E-state index in [1.807, 2.05) is 18.4 Å². The first kappa shape index (κ1) is 22.7. The quantitative estimate of drug-likeness (QED) is 0.365. The fourth-order valence-corrected chi connectivity index (χ4v) is 4.45. The highest BCUT2D eigenvalue weighted by atomic mass is 127. The lowest BCUT2D eigenvalue weighted by Gasteiger charge is -2.41. The van der Waals surface area contributed by atoms with E-state index in [9.17, 15) is 0 Å². The van der Waals surface area contributed by atoms with E-state index in [0.29, 0.717) is 6.04 Å². The topological polar surface area (TPSA) is 52.1 Å². The number of morpholine rings is 1. The first-order valence-corrected chi connectivity index (χ1v) is 10.5. The maximum absolute atomic E-state index is 5.48. The van der Waals surface area contributed by atoms with Gasteiger partial charge in [-0.05, 0) is 44.2 Å². The van der Waals surface area contributed by atoms with Crippen LogP contribution in [0.4, 0.5) is 5.00 Å². The van der Waals surface area contributed by atoms with Crippen LogP contribution >= 0.6 is 35.3 Å². The summed E-state index contributed by atoms with van der Waals surface area (Å²) >= 11 is 1.83. The van der Waals surface area contributed by atoms with Gasteiger partial charge in [-0.15, -0.1) is 35.3 Å². The van der Waals surface area contributed by atoms with E-state index in [4.69, 9.17) is 4.74 Å². The average molecular weight is 507 g/mol. The molecule has 0 unspecified atom stereocenters. The van der Waals surface area contributed by atoms with Crippen LogP contribution in [0.3, 0.4) is 0 Å². The largest absolute Gasteiger partial charge is 0.379 e. The van der Waals surface area contributed by atoms with Gasteiger partial charge in [0.05, 0.1) is 18.2 Å². The molecule has 0 aromatic carbocycles. The molecule has 2 saturated heterocycles. The molecule has 2 aliphatic rings. The molecule has 154 valence electrons. The van der Waals surface area contributed by atoms with Crippen molar-refractivity contribution in [3.63, 3.8) is 0 Å². The van der Waals surface area contributed by atoms with Gasteiger partial charge in [0.25, 0.3) is 0 Å². The molecule has 2 N–H and O–H groups in total. The SMILES string of the molecule is CN=C(NCC(C)(C)N1CCOCC1)NC1CCN(c2cccs2)CC1.I. The first-order chi connectivity index (χ1) is 12.6. The Labute approximate surface area is 184 Å². The average Bonchev–Trinajstić information content (AvgIpc) is 3.21. The van der Waals surface area contributed by atoms with Crippen molar-refractivity contribution in [1.82, 2.24) is 15.5 Å². The van der Waals surface area contributed by atoms with E-state index in [0.717, 1.165) is 64.7 Å². The zero-order valence-electron chi connectivity index (χ0n) is 16.7. The fourth-order valence-electron chi connectivity index (χ4n) is 3.66. The Bertz CT molecular complexity index is 567. The molecular weight excluding hydrogens is 473 g/mol. The van der Waals surface area contributed by atoms with Crippen LogP contribution in [0.1, 0.15) is 26.7 Å². The van der Waals surface area contributed by atoms with E-state index >= 15 is 0 Å². The van der Waals surface area contributed by atoms with Crippen molar-refractivity contribution in [2.45, 2.75) is 38.3 Å². The summed E-state index contributed by atoms with van der Waals surface area (Å²) in [4.78, 5) is 9.42. The highest BCUT2D eigenvalue weighted by molar-refractivity contribution is 14.0. The molecule has 0 aliphatic carbocycles. The lowest BCUT2D eigenvalue weighted by molar-refractivity contribution is -0.00835. The second-order valence-electron chi connectivity index (χ2n) is 7.69. The summed E-state index contributed by atoms with van der Waals surface area (Å²) in [6, 6.07) is 4.84. The van der Waals surface area contributed by atoms with Crippen LogP contribution in [-0.2, 0) is 4.74 Å². The summed E-state index contributed by atoms with van der Waals surface area (Å²) < 4.78 is 5.48. The molecule has 0 bridgehead atoms. The van der Waals surface area contributed by atoms with Gasteiger partial charge in [0.1, 0.15) is 0 Å². The Balaban J connectivity index is 0.00000261. The summed E-state index contributed by atoms with van der Waals surface area (Å²) in [7, 11) is 1.86. The number of hydrogen-bond acceptors (Lipinski definition) is 5. The summed E-state index contributed by atoms with van der Waals surface area (Å²) in [6.45, 7) is 11.3. The van der Waals surface area contributed by atoms with Crippen molar-refractivity contribution in [2.75, 3.05) is 57.9 Å². The molecule has 6 nitrogen and oxygen atoms in total. The van der Waals surface area contributed by atoms with E-state index in [1.165, 1.54) is 5.00 Å². The molecule has 2 aliphatic heterocycles. The highest BCUT2D eigenvalue weighted by Gasteiger charge is 2.28. The van der Waals surface area contributed by atoms with Gasteiger partial charge in [0.2, 0.25) is 0 Å². The first-order valence-electron chi connectivity index (χ1n) is 9.67. The second kappa shape index (κ2) is 10.8. The van der Waals surface area contributed by atoms with Crippen molar-refractivity contribution < 1.29 is 4.74 Å². The number of nitrogens with zero attached hydrogens (tertiary/aromatic N) is 3. The minimum atomic E-state index is 0. The Morgan fingerprint density at radius 1 is 1.26 bits per heavy atom. The third-order valence-corrected chi connectivity index (χ3v) is 6.36.